The summed E-state index contributed by atoms with van der Waals surface area (Å²) in [6, 6.07) is 67.0. The van der Waals surface area contributed by atoms with E-state index >= 15 is 0 Å². The van der Waals surface area contributed by atoms with Crippen molar-refractivity contribution in [2.45, 2.75) is 38.0 Å². The van der Waals surface area contributed by atoms with Gasteiger partial charge in [0.05, 0.1) is 17.1 Å². The molecule has 1 fully saturated rings. The maximum atomic E-state index is 2.52. The van der Waals surface area contributed by atoms with Crippen LogP contribution in [0.3, 0.4) is 0 Å². The molecule has 1 aliphatic rings. The molecule has 0 amide bonds. The Labute approximate surface area is 301 Å². The molecule has 0 aromatic heterocycles. The first-order valence-corrected chi connectivity index (χ1v) is 18.5. The highest BCUT2D eigenvalue weighted by Gasteiger charge is 2.25. The van der Waals surface area contributed by atoms with Gasteiger partial charge in [0.15, 0.2) is 0 Å². The standard InChI is InChI=1S/C50H41N/c1-4-17-36(18-5-1)41-33-34-49(46(35-41)39-21-8-3-9-22-39)51(47-32-16-24-37-23-10-11-27-42(37)47)48-31-13-12-28-44(48)45-30-15-26-40-25-14-29-43(50(40)45)38-19-6-2-7-20-38/h1,3-5,8-18,21-35,38H,2,6-7,19-20H2. The Morgan fingerprint density at radius 2 is 0.961 bits per heavy atom. The number of hydrogen-bond acceptors (Lipinski definition) is 1. The quantitative estimate of drug-likeness (QED) is 0.165. The first-order valence-electron chi connectivity index (χ1n) is 18.5. The van der Waals surface area contributed by atoms with Crippen molar-refractivity contribution in [3.8, 4) is 33.4 Å². The van der Waals surface area contributed by atoms with Gasteiger partial charge in [0.2, 0.25) is 0 Å². The Bertz CT molecular complexity index is 2440. The van der Waals surface area contributed by atoms with E-state index in [2.05, 4.69) is 187 Å². The molecule has 0 atom stereocenters. The van der Waals surface area contributed by atoms with Gasteiger partial charge < -0.3 is 4.90 Å². The lowest BCUT2D eigenvalue weighted by Crippen LogP contribution is -2.13. The van der Waals surface area contributed by atoms with Gasteiger partial charge in [-0.05, 0) is 87.0 Å². The predicted molar refractivity (Wildman–Crippen MR) is 218 cm³/mol. The van der Waals surface area contributed by atoms with Gasteiger partial charge in [-0.3, -0.25) is 0 Å². The molecule has 51 heavy (non-hydrogen) atoms. The molecule has 8 aromatic carbocycles. The van der Waals surface area contributed by atoms with Crippen LogP contribution in [-0.2, 0) is 0 Å². The van der Waals surface area contributed by atoms with Crippen LogP contribution in [0.5, 0.6) is 0 Å². The van der Waals surface area contributed by atoms with Crippen LogP contribution in [0.4, 0.5) is 17.1 Å². The van der Waals surface area contributed by atoms with E-state index in [9.17, 15) is 0 Å². The average molecular weight is 656 g/mol. The maximum absolute atomic E-state index is 2.52. The molecule has 0 N–H and O–H groups in total. The highest BCUT2D eigenvalue weighted by atomic mass is 15.1. The second-order valence-electron chi connectivity index (χ2n) is 13.9. The van der Waals surface area contributed by atoms with Crippen LogP contribution in [0.1, 0.15) is 43.6 Å². The van der Waals surface area contributed by atoms with Gasteiger partial charge >= 0.3 is 0 Å². The van der Waals surface area contributed by atoms with Gasteiger partial charge in [0, 0.05) is 16.5 Å². The highest BCUT2D eigenvalue weighted by molar-refractivity contribution is 6.07. The van der Waals surface area contributed by atoms with E-state index in [1.807, 2.05) is 0 Å². The molecule has 246 valence electrons. The third-order valence-corrected chi connectivity index (χ3v) is 10.9. The summed E-state index contributed by atoms with van der Waals surface area (Å²) in [6.45, 7) is 0. The van der Waals surface area contributed by atoms with Crippen molar-refractivity contribution >= 4 is 38.6 Å². The zero-order valence-corrected chi connectivity index (χ0v) is 28.9. The molecule has 0 aliphatic heterocycles. The Hall–Kier alpha value is -5.92. The summed E-state index contributed by atoms with van der Waals surface area (Å²) in [6.07, 6.45) is 6.52. The fourth-order valence-corrected chi connectivity index (χ4v) is 8.43. The average Bonchev–Trinajstić information content (AvgIpc) is 3.22. The number of fused-ring (bicyclic) bond motifs is 2. The fourth-order valence-electron chi connectivity index (χ4n) is 8.43. The summed E-state index contributed by atoms with van der Waals surface area (Å²) in [7, 11) is 0. The van der Waals surface area contributed by atoms with E-state index in [4.69, 9.17) is 0 Å². The molecule has 1 aliphatic carbocycles. The van der Waals surface area contributed by atoms with E-state index in [-0.39, 0.29) is 0 Å². The Balaban J connectivity index is 1.34. The largest absolute Gasteiger partial charge is 0.309 e. The van der Waals surface area contributed by atoms with Crippen LogP contribution in [0.25, 0.3) is 54.9 Å². The van der Waals surface area contributed by atoms with Crippen LogP contribution in [0.2, 0.25) is 0 Å². The normalized spacial score (nSPS) is 13.4. The van der Waals surface area contributed by atoms with E-state index in [1.54, 1.807) is 0 Å². The lowest BCUT2D eigenvalue weighted by atomic mass is 9.80. The second-order valence-corrected chi connectivity index (χ2v) is 13.9. The van der Waals surface area contributed by atoms with Crippen LogP contribution < -0.4 is 4.90 Å². The number of rotatable bonds is 7. The first-order chi connectivity index (χ1) is 25.3. The van der Waals surface area contributed by atoms with Gasteiger partial charge in [-0.2, -0.15) is 0 Å². The van der Waals surface area contributed by atoms with Crippen molar-refractivity contribution in [1.29, 1.82) is 0 Å². The number of para-hydroxylation sites is 1. The minimum Gasteiger partial charge on any atom is -0.309 e. The van der Waals surface area contributed by atoms with Crippen molar-refractivity contribution in [2.75, 3.05) is 4.90 Å². The number of hydrogen-bond donors (Lipinski definition) is 0. The predicted octanol–water partition coefficient (Wildman–Crippen LogP) is 14.5. The molecule has 8 aromatic rings. The first kappa shape index (κ1) is 31.1. The summed E-state index contributed by atoms with van der Waals surface area (Å²) >= 11 is 0. The van der Waals surface area contributed by atoms with Crippen LogP contribution in [-0.4, -0.2) is 0 Å². The molecule has 0 saturated heterocycles. The summed E-state index contributed by atoms with van der Waals surface area (Å²) in [5, 5.41) is 5.17. The number of anilines is 3. The fraction of sp³-hybridized carbons (Fsp3) is 0.120. The van der Waals surface area contributed by atoms with Crippen LogP contribution >= 0.6 is 0 Å². The Morgan fingerprint density at radius 3 is 1.78 bits per heavy atom. The topological polar surface area (TPSA) is 3.24 Å². The van der Waals surface area contributed by atoms with Crippen molar-refractivity contribution < 1.29 is 0 Å². The second kappa shape index (κ2) is 13.8. The Morgan fingerprint density at radius 1 is 0.373 bits per heavy atom. The summed E-state index contributed by atoms with van der Waals surface area (Å²) in [5.41, 5.74) is 12.3. The molecule has 0 spiro atoms. The van der Waals surface area contributed by atoms with E-state index in [0.29, 0.717) is 5.92 Å². The molecular formula is C50H41N. The SMILES string of the molecule is c1ccc(-c2ccc(N(c3ccccc3-c3cccc4cccc(C5CCCCC5)c34)c3cccc4ccccc34)c(-c3ccccc3)c2)cc1. The Kier molecular flexibility index (Phi) is 8.39. The van der Waals surface area contributed by atoms with Crippen molar-refractivity contribution in [3.63, 3.8) is 0 Å². The van der Waals surface area contributed by atoms with Crippen molar-refractivity contribution in [1.82, 2.24) is 0 Å². The van der Waals surface area contributed by atoms with Gasteiger partial charge in [0.25, 0.3) is 0 Å². The maximum Gasteiger partial charge on any atom is 0.0540 e. The van der Waals surface area contributed by atoms with Gasteiger partial charge in [-0.25, -0.2) is 0 Å². The number of benzene rings is 8. The van der Waals surface area contributed by atoms with Crippen LogP contribution in [0.15, 0.2) is 182 Å². The summed E-state index contributed by atoms with van der Waals surface area (Å²) in [4.78, 5) is 2.52. The third kappa shape index (κ3) is 5.89. The highest BCUT2D eigenvalue weighted by Crippen LogP contribution is 2.49. The summed E-state index contributed by atoms with van der Waals surface area (Å²) in [5.74, 6) is 0.597. The molecule has 1 nitrogen and oxygen atoms in total. The summed E-state index contributed by atoms with van der Waals surface area (Å²) < 4.78 is 0. The molecule has 1 heteroatoms. The minimum absolute atomic E-state index is 0.597. The minimum atomic E-state index is 0.597. The molecule has 9 rings (SSSR count). The lowest BCUT2D eigenvalue weighted by molar-refractivity contribution is 0.445. The monoisotopic (exact) mass is 655 g/mol. The molecule has 0 unspecified atom stereocenters. The van der Waals surface area contributed by atoms with E-state index in [0.717, 1.165) is 11.4 Å². The third-order valence-electron chi connectivity index (χ3n) is 10.9. The molecule has 0 heterocycles. The zero-order chi connectivity index (χ0) is 34.0. The molecule has 1 saturated carbocycles. The van der Waals surface area contributed by atoms with E-state index in [1.165, 1.54) is 98.3 Å². The molecule has 0 radical (unpaired) electrons. The van der Waals surface area contributed by atoms with Crippen molar-refractivity contribution in [3.05, 3.63) is 188 Å². The van der Waals surface area contributed by atoms with Gasteiger partial charge in [-0.15, -0.1) is 0 Å². The van der Waals surface area contributed by atoms with Gasteiger partial charge in [-0.1, -0.05) is 177 Å². The lowest BCUT2D eigenvalue weighted by Gasteiger charge is -2.32. The van der Waals surface area contributed by atoms with Crippen LogP contribution in [0, 0.1) is 0 Å². The molecule has 0 bridgehead atoms. The van der Waals surface area contributed by atoms with E-state index < -0.39 is 0 Å². The zero-order valence-electron chi connectivity index (χ0n) is 28.9. The van der Waals surface area contributed by atoms with Gasteiger partial charge in [0.1, 0.15) is 0 Å². The smallest absolute Gasteiger partial charge is 0.0540 e. The van der Waals surface area contributed by atoms with Crippen molar-refractivity contribution in [2.24, 2.45) is 0 Å². The molecular weight excluding hydrogens is 615 g/mol. The number of nitrogens with zero attached hydrogens (tertiary/aromatic N) is 1.